The Labute approximate surface area is 145 Å². The number of nitrogens with one attached hydrogen (secondary N) is 1. The molecule has 0 unspecified atom stereocenters. The molecule has 0 saturated carbocycles. The molecule has 118 valence electrons. The van der Waals surface area contributed by atoms with Crippen molar-refractivity contribution < 1.29 is 9.21 Å². The monoisotopic (exact) mass is 366 g/mol. The molecule has 0 spiro atoms. The van der Waals surface area contributed by atoms with E-state index in [4.69, 9.17) is 16.0 Å². The van der Waals surface area contributed by atoms with Gasteiger partial charge in [-0.25, -0.2) is 4.98 Å². The van der Waals surface area contributed by atoms with Gasteiger partial charge in [0.1, 0.15) is 0 Å². The van der Waals surface area contributed by atoms with E-state index in [1.165, 1.54) is 23.1 Å². The largest absolute Gasteiger partial charge is 0.416 e. The van der Waals surface area contributed by atoms with Gasteiger partial charge in [0.2, 0.25) is 11.8 Å². The maximum Gasteiger partial charge on any atom is 0.277 e. The molecule has 2 heterocycles. The zero-order valence-electron chi connectivity index (χ0n) is 11.9. The molecule has 3 aromatic rings. The van der Waals surface area contributed by atoms with Gasteiger partial charge in [0.05, 0.1) is 11.4 Å². The van der Waals surface area contributed by atoms with Crippen LogP contribution in [-0.2, 0) is 4.79 Å². The number of thiazole rings is 1. The summed E-state index contributed by atoms with van der Waals surface area (Å²) in [6.45, 7) is 1.70. The van der Waals surface area contributed by atoms with Crippen LogP contribution in [0.2, 0.25) is 5.02 Å². The van der Waals surface area contributed by atoms with Gasteiger partial charge in [-0.15, -0.1) is 21.5 Å². The third kappa shape index (κ3) is 4.31. The molecule has 0 bridgehead atoms. The van der Waals surface area contributed by atoms with E-state index < -0.39 is 0 Å². The second-order valence-corrected chi connectivity index (χ2v) is 6.69. The Morgan fingerprint density at radius 2 is 2.13 bits per heavy atom. The minimum absolute atomic E-state index is 0.178. The molecule has 0 aliphatic rings. The fourth-order valence-corrected chi connectivity index (χ4v) is 3.17. The first-order chi connectivity index (χ1) is 11.1. The minimum Gasteiger partial charge on any atom is -0.416 e. The van der Waals surface area contributed by atoms with Crippen LogP contribution in [0, 0.1) is 6.92 Å². The molecule has 1 aromatic carbocycles. The average Bonchev–Trinajstić information content (AvgIpc) is 3.15. The van der Waals surface area contributed by atoms with Crippen LogP contribution < -0.4 is 5.32 Å². The van der Waals surface area contributed by atoms with Crippen LogP contribution in [0.3, 0.4) is 0 Å². The highest BCUT2D eigenvalue weighted by molar-refractivity contribution is 7.99. The Hall–Kier alpha value is -1.90. The van der Waals surface area contributed by atoms with E-state index in [9.17, 15) is 4.79 Å². The number of thioether (sulfide) groups is 1. The van der Waals surface area contributed by atoms with Gasteiger partial charge in [-0.1, -0.05) is 35.5 Å². The molecule has 6 nitrogen and oxygen atoms in total. The smallest absolute Gasteiger partial charge is 0.277 e. The van der Waals surface area contributed by atoms with Crippen molar-refractivity contribution in [2.45, 2.75) is 12.1 Å². The van der Waals surface area contributed by atoms with Crippen molar-refractivity contribution in [1.82, 2.24) is 15.2 Å². The minimum atomic E-state index is -0.178. The molecular formula is C14H11ClN4O2S2. The van der Waals surface area contributed by atoms with Gasteiger partial charge in [-0.2, -0.15) is 0 Å². The van der Waals surface area contributed by atoms with Gasteiger partial charge in [0, 0.05) is 22.9 Å². The summed E-state index contributed by atoms with van der Waals surface area (Å²) in [5, 5.41) is 13.7. The number of aryl methyl sites for hydroxylation is 1. The second-order valence-electron chi connectivity index (χ2n) is 4.47. The van der Waals surface area contributed by atoms with Crippen LogP contribution in [0.15, 0.2) is 39.3 Å². The van der Waals surface area contributed by atoms with Crippen LogP contribution in [0.5, 0.6) is 0 Å². The standard InChI is InChI=1S/C14H11ClN4O2S2/c1-8-18-19-14(21-8)23-7-12(20)17-13-16-11(6-22-13)9-2-4-10(15)5-3-9/h2-6H,7H2,1H3,(H,16,17,20). The Morgan fingerprint density at radius 1 is 1.35 bits per heavy atom. The molecule has 0 fully saturated rings. The van der Waals surface area contributed by atoms with E-state index in [1.54, 1.807) is 19.1 Å². The Morgan fingerprint density at radius 3 is 2.83 bits per heavy atom. The van der Waals surface area contributed by atoms with Gasteiger partial charge in [-0.05, 0) is 12.1 Å². The summed E-state index contributed by atoms with van der Waals surface area (Å²) < 4.78 is 5.19. The molecule has 0 aliphatic carbocycles. The lowest BCUT2D eigenvalue weighted by atomic mass is 10.2. The summed E-state index contributed by atoms with van der Waals surface area (Å²) >= 11 is 8.41. The molecule has 9 heteroatoms. The number of aromatic nitrogens is 3. The molecule has 0 radical (unpaired) electrons. The predicted molar refractivity (Wildman–Crippen MR) is 90.9 cm³/mol. The van der Waals surface area contributed by atoms with E-state index in [-0.39, 0.29) is 11.7 Å². The number of nitrogens with zero attached hydrogens (tertiary/aromatic N) is 3. The van der Waals surface area contributed by atoms with E-state index >= 15 is 0 Å². The van der Waals surface area contributed by atoms with Crippen LogP contribution in [0.25, 0.3) is 11.3 Å². The maximum absolute atomic E-state index is 11.9. The highest BCUT2D eigenvalue weighted by atomic mass is 35.5. The van der Waals surface area contributed by atoms with Crippen LogP contribution in [0.1, 0.15) is 5.89 Å². The molecular weight excluding hydrogens is 356 g/mol. The number of halogens is 1. The van der Waals surface area contributed by atoms with Crippen LogP contribution >= 0.6 is 34.7 Å². The van der Waals surface area contributed by atoms with Gasteiger partial charge < -0.3 is 9.73 Å². The predicted octanol–water partition coefficient (Wildman–Crippen LogP) is 3.89. The van der Waals surface area contributed by atoms with Crippen molar-refractivity contribution >= 4 is 45.7 Å². The van der Waals surface area contributed by atoms with Gasteiger partial charge in [0.25, 0.3) is 5.22 Å². The normalized spacial score (nSPS) is 10.7. The Bertz CT molecular complexity index is 816. The van der Waals surface area contributed by atoms with Crippen molar-refractivity contribution in [2.75, 3.05) is 11.1 Å². The third-order valence-electron chi connectivity index (χ3n) is 2.72. The fraction of sp³-hybridized carbons (Fsp3) is 0.143. The summed E-state index contributed by atoms with van der Waals surface area (Å²) in [7, 11) is 0. The average molecular weight is 367 g/mol. The number of hydrogen-bond acceptors (Lipinski definition) is 7. The molecule has 23 heavy (non-hydrogen) atoms. The summed E-state index contributed by atoms with van der Waals surface area (Å²) in [5.41, 5.74) is 1.74. The van der Waals surface area contributed by atoms with Gasteiger partial charge in [0.15, 0.2) is 5.13 Å². The zero-order valence-corrected chi connectivity index (χ0v) is 14.3. The summed E-state index contributed by atoms with van der Waals surface area (Å²) in [6.07, 6.45) is 0. The van der Waals surface area contributed by atoms with Crippen molar-refractivity contribution in [2.24, 2.45) is 0 Å². The molecule has 1 N–H and O–H groups in total. The number of rotatable bonds is 5. The van der Waals surface area contributed by atoms with Crippen molar-refractivity contribution in [3.63, 3.8) is 0 Å². The van der Waals surface area contributed by atoms with E-state index in [1.807, 2.05) is 17.5 Å². The van der Waals surface area contributed by atoms with E-state index in [2.05, 4.69) is 20.5 Å². The second kappa shape index (κ2) is 7.12. The topological polar surface area (TPSA) is 80.9 Å². The first-order valence-electron chi connectivity index (χ1n) is 6.54. The van der Waals surface area contributed by atoms with Crippen molar-refractivity contribution in [3.05, 3.63) is 40.6 Å². The molecule has 0 atom stereocenters. The molecule has 1 amide bonds. The van der Waals surface area contributed by atoms with Gasteiger partial charge >= 0.3 is 0 Å². The summed E-state index contributed by atoms with van der Waals surface area (Å²) in [4.78, 5) is 16.3. The quantitative estimate of drug-likeness (QED) is 0.690. The highest BCUT2D eigenvalue weighted by Crippen LogP contribution is 2.26. The highest BCUT2D eigenvalue weighted by Gasteiger charge is 2.11. The number of anilines is 1. The van der Waals surface area contributed by atoms with E-state index in [0.29, 0.717) is 21.3 Å². The van der Waals surface area contributed by atoms with Crippen molar-refractivity contribution in [1.29, 1.82) is 0 Å². The van der Waals surface area contributed by atoms with Crippen LogP contribution in [0.4, 0.5) is 5.13 Å². The molecule has 3 rings (SSSR count). The number of amides is 1. The number of carbonyl (C=O) groups excluding carboxylic acids is 1. The molecule has 2 aromatic heterocycles. The number of carbonyl (C=O) groups is 1. The van der Waals surface area contributed by atoms with Gasteiger partial charge in [-0.3, -0.25) is 4.79 Å². The molecule has 0 aliphatic heterocycles. The Kier molecular flexibility index (Phi) is 4.94. The third-order valence-corrected chi connectivity index (χ3v) is 4.55. The summed E-state index contributed by atoms with van der Waals surface area (Å²) in [6, 6.07) is 7.38. The van der Waals surface area contributed by atoms with Crippen molar-refractivity contribution in [3.8, 4) is 11.3 Å². The fourth-order valence-electron chi connectivity index (χ4n) is 1.70. The lowest BCUT2D eigenvalue weighted by Gasteiger charge is -1.99. The Balaban J connectivity index is 1.58. The zero-order chi connectivity index (χ0) is 16.2. The number of hydrogen-bond donors (Lipinski definition) is 1. The first kappa shape index (κ1) is 16.0. The SMILES string of the molecule is Cc1nnc(SCC(=O)Nc2nc(-c3ccc(Cl)cc3)cs2)o1. The maximum atomic E-state index is 11.9. The lowest BCUT2D eigenvalue weighted by Crippen LogP contribution is -2.13. The number of benzene rings is 1. The van der Waals surface area contributed by atoms with E-state index in [0.717, 1.165) is 11.3 Å². The summed E-state index contributed by atoms with van der Waals surface area (Å²) in [5.74, 6) is 0.473. The lowest BCUT2D eigenvalue weighted by molar-refractivity contribution is -0.113. The molecule has 0 saturated heterocycles. The first-order valence-corrected chi connectivity index (χ1v) is 8.79. The van der Waals surface area contributed by atoms with Crippen LogP contribution in [-0.4, -0.2) is 26.8 Å².